The minimum Gasteiger partial charge on any atom is -0.362 e. The van der Waals surface area contributed by atoms with Crippen LogP contribution in [0.5, 0.6) is 0 Å². The first-order valence-corrected chi connectivity index (χ1v) is 7.06. The van der Waals surface area contributed by atoms with Gasteiger partial charge in [-0.2, -0.15) is 11.8 Å². The van der Waals surface area contributed by atoms with E-state index in [4.69, 9.17) is 0 Å². The molecular weight excluding hydrogens is 234 g/mol. The van der Waals surface area contributed by atoms with E-state index in [0.717, 1.165) is 17.9 Å². The first-order valence-electron chi connectivity index (χ1n) is 5.91. The molecule has 5 heteroatoms. The largest absolute Gasteiger partial charge is 0.362 e. The van der Waals surface area contributed by atoms with Crippen molar-refractivity contribution < 1.29 is 0 Å². The van der Waals surface area contributed by atoms with E-state index in [1.807, 2.05) is 32.5 Å². The Hall–Kier alpha value is -0.970. The lowest BCUT2D eigenvalue weighted by atomic mass is 10.1. The molecule has 2 heterocycles. The molecule has 2 rings (SSSR count). The third kappa shape index (κ3) is 2.83. The number of nitrogens with one attached hydrogen (secondary N) is 1. The number of nitrogens with zero attached hydrogens (tertiary/aromatic N) is 2. The highest BCUT2D eigenvalue weighted by Gasteiger charge is 2.20. The molecule has 1 aliphatic heterocycles. The number of rotatable bonds is 2. The SMILES string of the molecule is CC(C)(C)n1ccnc(NC2CCSC2)c1=O. The van der Waals surface area contributed by atoms with Gasteiger partial charge in [0.25, 0.3) is 5.56 Å². The average Bonchev–Trinajstić information content (AvgIpc) is 2.72. The van der Waals surface area contributed by atoms with Crippen LogP contribution in [0.3, 0.4) is 0 Å². The first kappa shape index (κ1) is 12.5. The van der Waals surface area contributed by atoms with E-state index < -0.39 is 0 Å². The lowest BCUT2D eigenvalue weighted by molar-refractivity contribution is 0.383. The number of thioether (sulfide) groups is 1. The summed E-state index contributed by atoms with van der Waals surface area (Å²) < 4.78 is 1.73. The van der Waals surface area contributed by atoms with Gasteiger partial charge in [0, 0.05) is 29.7 Å². The van der Waals surface area contributed by atoms with Crippen molar-refractivity contribution in [1.82, 2.24) is 9.55 Å². The molecule has 1 atom stereocenters. The van der Waals surface area contributed by atoms with Gasteiger partial charge in [0.1, 0.15) is 0 Å². The molecular formula is C12H19N3OS. The third-order valence-corrected chi connectivity index (χ3v) is 4.00. The van der Waals surface area contributed by atoms with E-state index in [1.54, 1.807) is 17.0 Å². The Morgan fingerprint density at radius 2 is 2.29 bits per heavy atom. The molecule has 0 amide bonds. The molecule has 1 saturated heterocycles. The van der Waals surface area contributed by atoms with E-state index in [0.29, 0.717) is 11.9 Å². The van der Waals surface area contributed by atoms with E-state index in [9.17, 15) is 4.79 Å². The van der Waals surface area contributed by atoms with Gasteiger partial charge >= 0.3 is 0 Å². The fourth-order valence-corrected chi connectivity index (χ4v) is 3.03. The van der Waals surface area contributed by atoms with Gasteiger partial charge in [-0.1, -0.05) is 0 Å². The van der Waals surface area contributed by atoms with Crippen LogP contribution in [0.15, 0.2) is 17.2 Å². The van der Waals surface area contributed by atoms with Gasteiger partial charge in [-0.3, -0.25) is 4.79 Å². The van der Waals surface area contributed by atoms with Gasteiger partial charge in [0.05, 0.1) is 0 Å². The highest BCUT2D eigenvalue weighted by Crippen LogP contribution is 2.19. The van der Waals surface area contributed by atoms with Crippen LogP contribution in [0, 0.1) is 0 Å². The Balaban J connectivity index is 2.26. The topological polar surface area (TPSA) is 46.9 Å². The highest BCUT2D eigenvalue weighted by atomic mass is 32.2. The van der Waals surface area contributed by atoms with Gasteiger partial charge in [-0.05, 0) is 32.9 Å². The second kappa shape index (κ2) is 4.72. The molecule has 94 valence electrons. The molecule has 1 fully saturated rings. The molecule has 1 unspecified atom stereocenters. The van der Waals surface area contributed by atoms with Crippen molar-refractivity contribution in [3.63, 3.8) is 0 Å². The van der Waals surface area contributed by atoms with Crippen molar-refractivity contribution >= 4 is 17.6 Å². The van der Waals surface area contributed by atoms with Crippen LogP contribution in [-0.4, -0.2) is 27.1 Å². The van der Waals surface area contributed by atoms with Crippen LogP contribution in [-0.2, 0) is 5.54 Å². The van der Waals surface area contributed by atoms with Gasteiger partial charge in [-0.15, -0.1) is 0 Å². The van der Waals surface area contributed by atoms with Gasteiger partial charge in [-0.25, -0.2) is 4.98 Å². The fourth-order valence-electron chi connectivity index (χ4n) is 1.88. The zero-order valence-corrected chi connectivity index (χ0v) is 11.4. The maximum atomic E-state index is 12.2. The lowest BCUT2D eigenvalue weighted by Crippen LogP contribution is -2.36. The molecule has 0 aromatic carbocycles. The maximum absolute atomic E-state index is 12.2. The van der Waals surface area contributed by atoms with Gasteiger partial charge < -0.3 is 9.88 Å². The fraction of sp³-hybridized carbons (Fsp3) is 0.667. The van der Waals surface area contributed by atoms with E-state index in [2.05, 4.69) is 10.3 Å². The summed E-state index contributed by atoms with van der Waals surface area (Å²) in [6, 6.07) is 0.385. The molecule has 1 aromatic rings. The Kier molecular flexibility index (Phi) is 3.47. The number of aromatic nitrogens is 2. The summed E-state index contributed by atoms with van der Waals surface area (Å²) in [6.07, 6.45) is 4.55. The molecule has 1 N–H and O–H groups in total. The minimum atomic E-state index is -0.207. The lowest BCUT2D eigenvalue weighted by Gasteiger charge is -2.23. The summed E-state index contributed by atoms with van der Waals surface area (Å²) in [4.78, 5) is 16.4. The van der Waals surface area contributed by atoms with Crippen LogP contribution in [0.4, 0.5) is 5.82 Å². The molecule has 0 aliphatic carbocycles. The predicted molar refractivity (Wildman–Crippen MR) is 72.8 cm³/mol. The van der Waals surface area contributed by atoms with Crippen LogP contribution < -0.4 is 10.9 Å². The van der Waals surface area contributed by atoms with Crippen LogP contribution >= 0.6 is 11.8 Å². The normalized spacial score (nSPS) is 20.5. The Labute approximate surface area is 106 Å². The van der Waals surface area contributed by atoms with Crippen molar-refractivity contribution in [3.05, 3.63) is 22.7 Å². The summed E-state index contributed by atoms with van der Waals surface area (Å²) >= 11 is 1.92. The molecule has 17 heavy (non-hydrogen) atoms. The summed E-state index contributed by atoms with van der Waals surface area (Å²) in [7, 11) is 0. The molecule has 1 aromatic heterocycles. The third-order valence-electron chi connectivity index (χ3n) is 2.83. The van der Waals surface area contributed by atoms with Crippen LogP contribution in [0.25, 0.3) is 0 Å². The minimum absolute atomic E-state index is 0.0306. The quantitative estimate of drug-likeness (QED) is 0.874. The summed E-state index contributed by atoms with van der Waals surface area (Å²) in [5.74, 6) is 2.71. The number of anilines is 1. The summed E-state index contributed by atoms with van der Waals surface area (Å²) in [5, 5.41) is 3.26. The Morgan fingerprint density at radius 3 is 2.88 bits per heavy atom. The molecule has 0 saturated carbocycles. The molecule has 0 spiro atoms. The number of hydrogen-bond donors (Lipinski definition) is 1. The summed E-state index contributed by atoms with van der Waals surface area (Å²) in [6.45, 7) is 6.05. The Bertz CT molecular complexity index is 444. The second-order valence-corrected chi connectivity index (χ2v) is 6.48. The molecule has 0 bridgehead atoms. The molecule has 0 radical (unpaired) electrons. The highest BCUT2D eigenvalue weighted by molar-refractivity contribution is 7.99. The molecule has 4 nitrogen and oxygen atoms in total. The zero-order chi connectivity index (χ0) is 12.5. The predicted octanol–water partition coefficient (Wildman–Crippen LogP) is 1.92. The van der Waals surface area contributed by atoms with E-state index in [1.165, 1.54) is 0 Å². The molecule has 1 aliphatic rings. The van der Waals surface area contributed by atoms with Crippen molar-refractivity contribution in [3.8, 4) is 0 Å². The van der Waals surface area contributed by atoms with Crippen molar-refractivity contribution in [2.45, 2.75) is 38.8 Å². The Morgan fingerprint density at radius 1 is 1.53 bits per heavy atom. The van der Waals surface area contributed by atoms with Crippen LogP contribution in [0.1, 0.15) is 27.2 Å². The average molecular weight is 253 g/mol. The number of hydrogen-bond acceptors (Lipinski definition) is 4. The summed E-state index contributed by atoms with van der Waals surface area (Å²) in [5.41, 5.74) is -0.238. The van der Waals surface area contributed by atoms with Crippen molar-refractivity contribution in [1.29, 1.82) is 0 Å². The van der Waals surface area contributed by atoms with Crippen LogP contribution in [0.2, 0.25) is 0 Å². The first-order chi connectivity index (χ1) is 7.98. The van der Waals surface area contributed by atoms with Gasteiger partial charge in [0.15, 0.2) is 5.82 Å². The smallest absolute Gasteiger partial charge is 0.293 e. The van der Waals surface area contributed by atoms with E-state index >= 15 is 0 Å². The standard InChI is InChI=1S/C12H19N3OS/c1-12(2,3)15-6-5-13-10(11(15)16)14-9-4-7-17-8-9/h5-6,9H,4,7-8H2,1-3H3,(H,13,14). The van der Waals surface area contributed by atoms with Crippen molar-refractivity contribution in [2.75, 3.05) is 16.8 Å². The van der Waals surface area contributed by atoms with E-state index in [-0.39, 0.29) is 11.1 Å². The zero-order valence-electron chi connectivity index (χ0n) is 10.6. The maximum Gasteiger partial charge on any atom is 0.293 e. The van der Waals surface area contributed by atoms with Crippen molar-refractivity contribution in [2.24, 2.45) is 0 Å². The second-order valence-electron chi connectivity index (χ2n) is 5.33. The van der Waals surface area contributed by atoms with Gasteiger partial charge in [0.2, 0.25) is 0 Å². The monoisotopic (exact) mass is 253 g/mol.